The van der Waals surface area contributed by atoms with Gasteiger partial charge in [0.15, 0.2) is 11.8 Å². The largest absolute Gasteiger partial charge is 0.460 e. The Morgan fingerprint density at radius 2 is 1.50 bits per heavy atom. The Kier molecular flexibility index (Phi) is 9.59. The van der Waals surface area contributed by atoms with E-state index >= 15 is 0 Å². The number of anilines is 1. The molecule has 2 aromatic carbocycles. The molecule has 0 aromatic heterocycles. The van der Waals surface area contributed by atoms with Gasteiger partial charge in [0.2, 0.25) is 0 Å². The predicted molar refractivity (Wildman–Crippen MR) is 123 cm³/mol. The van der Waals surface area contributed by atoms with Crippen LogP contribution in [0.4, 0.5) is 5.69 Å². The van der Waals surface area contributed by atoms with Crippen LogP contribution in [0.2, 0.25) is 0 Å². The molecule has 4 nitrogen and oxygen atoms in total. The molecular formula is C26H35NO3. The van der Waals surface area contributed by atoms with Crippen LogP contribution in [0.3, 0.4) is 0 Å². The van der Waals surface area contributed by atoms with Gasteiger partial charge in [-0.15, -0.1) is 0 Å². The smallest absolute Gasteiger partial charge is 0.333 e. The first-order valence-corrected chi connectivity index (χ1v) is 11.1. The van der Waals surface area contributed by atoms with Crippen molar-refractivity contribution in [2.45, 2.75) is 71.9 Å². The van der Waals surface area contributed by atoms with Crippen LogP contribution in [-0.2, 0) is 9.53 Å². The predicted octanol–water partition coefficient (Wildman–Crippen LogP) is 6.58. The van der Waals surface area contributed by atoms with Gasteiger partial charge in [-0.2, -0.15) is 0 Å². The van der Waals surface area contributed by atoms with Gasteiger partial charge in [-0.25, -0.2) is 4.79 Å². The van der Waals surface area contributed by atoms with Gasteiger partial charge in [0.05, 0.1) is 0 Å². The number of para-hydroxylation sites is 1. The minimum absolute atomic E-state index is 0.0457. The average molecular weight is 410 g/mol. The number of ketones is 1. The van der Waals surface area contributed by atoms with Crippen molar-refractivity contribution in [3.05, 3.63) is 65.7 Å². The number of Topliss-reactive ketones (excluding diaryl/α,β-unsaturated/α-hetero) is 1. The van der Waals surface area contributed by atoms with Crippen LogP contribution in [0.25, 0.3) is 0 Å². The molecule has 1 unspecified atom stereocenters. The van der Waals surface area contributed by atoms with E-state index in [4.69, 9.17) is 4.74 Å². The third-order valence-electron chi connectivity index (χ3n) is 5.49. The Labute approximate surface area is 181 Å². The van der Waals surface area contributed by atoms with Crippen molar-refractivity contribution >= 4 is 17.4 Å². The van der Waals surface area contributed by atoms with E-state index in [2.05, 4.69) is 26.1 Å². The van der Waals surface area contributed by atoms with E-state index in [0.717, 1.165) is 37.7 Å². The lowest BCUT2D eigenvalue weighted by Crippen LogP contribution is -2.32. The van der Waals surface area contributed by atoms with Crippen molar-refractivity contribution in [2.24, 2.45) is 5.92 Å². The summed E-state index contributed by atoms with van der Waals surface area (Å²) in [7, 11) is 0. The number of esters is 1. The molecule has 162 valence electrons. The quantitative estimate of drug-likeness (QED) is 0.318. The Balaban J connectivity index is 2.31. The van der Waals surface area contributed by atoms with Gasteiger partial charge in [0, 0.05) is 11.3 Å². The normalized spacial score (nSPS) is 13.0. The monoisotopic (exact) mass is 409 g/mol. The molecule has 0 heterocycles. The molecule has 0 aliphatic rings. The van der Waals surface area contributed by atoms with Gasteiger partial charge in [-0.1, -0.05) is 76.1 Å². The zero-order chi connectivity index (χ0) is 21.9. The Morgan fingerprint density at radius 1 is 0.900 bits per heavy atom. The molecule has 0 spiro atoms. The molecule has 0 saturated carbocycles. The summed E-state index contributed by atoms with van der Waals surface area (Å²) >= 11 is 0. The van der Waals surface area contributed by atoms with Crippen molar-refractivity contribution in [2.75, 3.05) is 5.32 Å². The fourth-order valence-corrected chi connectivity index (χ4v) is 3.98. The number of benzene rings is 2. The molecule has 0 amide bonds. The molecule has 0 aliphatic heterocycles. The molecule has 0 aliphatic carbocycles. The van der Waals surface area contributed by atoms with Crippen LogP contribution in [0.5, 0.6) is 0 Å². The summed E-state index contributed by atoms with van der Waals surface area (Å²) in [5.74, 6) is 0.0224. The Morgan fingerprint density at radius 3 is 2.07 bits per heavy atom. The van der Waals surface area contributed by atoms with E-state index < -0.39 is 6.04 Å². The second-order valence-electron chi connectivity index (χ2n) is 7.81. The Hall–Kier alpha value is -2.62. The fourth-order valence-electron chi connectivity index (χ4n) is 3.98. The summed E-state index contributed by atoms with van der Waals surface area (Å²) in [5, 5.41) is 3.28. The maximum atomic E-state index is 13.3. The van der Waals surface area contributed by atoms with Gasteiger partial charge in [0.25, 0.3) is 0 Å². The highest BCUT2D eigenvalue weighted by molar-refractivity contribution is 6.00. The molecule has 0 fully saturated rings. The second-order valence-corrected chi connectivity index (χ2v) is 7.81. The van der Waals surface area contributed by atoms with Gasteiger partial charge >= 0.3 is 5.97 Å². The number of hydrogen-bond acceptors (Lipinski definition) is 4. The summed E-state index contributed by atoms with van der Waals surface area (Å²) in [6.07, 6.45) is 4.94. The van der Waals surface area contributed by atoms with Crippen LogP contribution in [-0.4, -0.2) is 17.9 Å². The average Bonchev–Trinajstić information content (AvgIpc) is 2.76. The number of carbonyl (C=O) groups excluding carboxylic acids is 2. The van der Waals surface area contributed by atoms with E-state index in [0.29, 0.717) is 17.2 Å². The van der Waals surface area contributed by atoms with E-state index in [1.165, 1.54) is 6.92 Å². The highest BCUT2D eigenvalue weighted by atomic mass is 16.5. The molecule has 0 bridgehead atoms. The van der Waals surface area contributed by atoms with Crippen molar-refractivity contribution < 1.29 is 14.3 Å². The lowest BCUT2D eigenvalue weighted by molar-refractivity contribution is -0.153. The van der Waals surface area contributed by atoms with Crippen LogP contribution in [0, 0.1) is 5.92 Å². The van der Waals surface area contributed by atoms with Crippen molar-refractivity contribution in [1.29, 1.82) is 0 Å². The van der Waals surface area contributed by atoms with Gasteiger partial charge < -0.3 is 10.1 Å². The van der Waals surface area contributed by atoms with E-state index in [1.807, 2.05) is 48.5 Å². The third-order valence-corrected chi connectivity index (χ3v) is 5.49. The molecule has 2 atom stereocenters. The Bertz CT molecular complexity index is 797. The topological polar surface area (TPSA) is 55.4 Å². The lowest BCUT2D eigenvalue weighted by atomic mass is 9.90. The first-order valence-electron chi connectivity index (χ1n) is 11.1. The summed E-state index contributed by atoms with van der Waals surface area (Å²) < 4.78 is 6.07. The van der Waals surface area contributed by atoms with Crippen LogP contribution < -0.4 is 5.32 Å². The number of nitrogens with one attached hydrogen (secondary N) is 1. The van der Waals surface area contributed by atoms with E-state index in [1.54, 1.807) is 6.07 Å². The number of ether oxygens (including phenoxy) is 1. The molecular weight excluding hydrogens is 374 g/mol. The molecule has 4 heteroatoms. The lowest BCUT2D eigenvalue weighted by Gasteiger charge is -2.28. The molecule has 1 N–H and O–H groups in total. The number of hydrogen-bond donors (Lipinski definition) is 1. The zero-order valence-electron chi connectivity index (χ0n) is 18.7. The molecule has 0 saturated heterocycles. The third kappa shape index (κ3) is 6.45. The zero-order valence-corrected chi connectivity index (χ0v) is 18.7. The highest BCUT2D eigenvalue weighted by Crippen LogP contribution is 2.28. The van der Waals surface area contributed by atoms with Crippen LogP contribution in [0.15, 0.2) is 54.6 Å². The molecule has 30 heavy (non-hydrogen) atoms. The maximum Gasteiger partial charge on any atom is 0.333 e. The molecule has 2 aromatic rings. The maximum absolute atomic E-state index is 13.3. The standard InChI is InChI=1S/C26H35NO3/c1-5-13-20(14-6-2)24(7-3)30-26(29)25(21-15-9-8-10-16-21)27-23-18-12-11-17-22(23)19(4)28/h8-12,15-18,20,24-25,27H,5-7,13-14H2,1-4H3/t24-,25?/m0/s1. The van der Waals surface area contributed by atoms with Crippen molar-refractivity contribution in [1.82, 2.24) is 0 Å². The number of carbonyl (C=O) groups is 2. The summed E-state index contributed by atoms with van der Waals surface area (Å²) in [6.45, 7) is 7.95. The summed E-state index contributed by atoms with van der Waals surface area (Å²) in [5.41, 5.74) is 2.02. The highest BCUT2D eigenvalue weighted by Gasteiger charge is 2.29. The van der Waals surface area contributed by atoms with E-state index in [-0.39, 0.29) is 17.9 Å². The fraction of sp³-hybridized carbons (Fsp3) is 0.462. The van der Waals surface area contributed by atoms with Gasteiger partial charge in [0.1, 0.15) is 6.10 Å². The van der Waals surface area contributed by atoms with Crippen molar-refractivity contribution in [3.8, 4) is 0 Å². The van der Waals surface area contributed by atoms with Gasteiger partial charge in [-0.3, -0.25) is 4.79 Å². The second kappa shape index (κ2) is 12.2. The van der Waals surface area contributed by atoms with E-state index in [9.17, 15) is 9.59 Å². The minimum atomic E-state index is -0.676. The first-order chi connectivity index (χ1) is 14.5. The van der Waals surface area contributed by atoms with Gasteiger partial charge in [-0.05, 0) is 49.8 Å². The number of rotatable bonds is 12. The van der Waals surface area contributed by atoms with Crippen LogP contribution >= 0.6 is 0 Å². The molecule has 2 rings (SSSR count). The summed E-state index contributed by atoms with van der Waals surface area (Å²) in [4.78, 5) is 25.4. The SMILES string of the molecule is CCCC(CCC)[C@H](CC)OC(=O)C(Nc1ccccc1C(C)=O)c1ccccc1. The first kappa shape index (κ1) is 23.7. The van der Waals surface area contributed by atoms with Crippen LogP contribution in [0.1, 0.15) is 81.8 Å². The van der Waals surface area contributed by atoms with Crippen molar-refractivity contribution in [3.63, 3.8) is 0 Å². The minimum Gasteiger partial charge on any atom is -0.460 e. The summed E-state index contributed by atoms with van der Waals surface area (Å²) in [6, 6.07) is 16.1. The molecule has 0 radical (unpaired) electrons.